The molecule has 0 N–H and O–H groups in total. The number of esters is 1. The van der Waals surface area contributed by atoms with Gasteiger partial charge in [-0.25, -0.2) is 0 Å². The molecule has 0 amide bonds. The molecule has 0 saturated carbocycles. The van der Waals surface area contributed by atoms with E-state index < -0.39 is 5.41 Å². The second-order valence-electron chi connectivity index (χ2n) is 4.10. The van der Waals surface area contributed by atoms with Crippen LogP contribution in [0.25, 0.3) is 0 Å². The lowest BCUT2D eigenvalue weighted by Crippen LogP contribution is -2.33. The highest BCUT2D eigenvalue weighted by Crippen LogP contribution is 2.33. The van der Waals surface area contributed by atoms with Crippen molar-refractivity contribution in [2.75, 3.05) is 6.61 Å². The Morgan fingerprint density at radius 3 is 2.80 bits per heavy atom. The minimum absolute atomic E-state index is 0.0931. The van der Waals surface area contributed by atoms with Crippen LogP contribution < -0.4 is 0 Å². The molecule has 1 aliphatic heterocycles. The maximum Gasteiger partial charge on any atom is 0.315 e. The van der Waals surface area contributed by atoms with Crippen LogP contribution >= 0.6 is 0 Å². The van der Waals surface area contributed by atoms with Gasteiger partial charge in [0.05, 0.1) is 18.3 Å². The molecular formula is C12H18O3. The first-order chi connectivity index (χ1) is 7.00. The maximum atomic E-state index is 11.7. The first-order valence-corrected chi connectivity index (χ1v) is 5.17. The normalized spacial score (nSPS) is 19.8. The van der Waals surface area contributed by atoms with Gasteiger partial charge in [0.2, 0.25) is 0 Å². The average molecular weight is 210 g/mol. The molecular weight excluding hydrogens is 192 g/mol. The number of carbonyl (C=O) groups excluding carboxylic acids is 1. The van der Waals surface area contributed by atoms with Gasteiger partial charge in [-0.3, -0.25) is 4.79 Å². The molecule has 0 unspecified atom stereocenters. The third kappa shape index (κ3) is 2.41. The molecule has 3 heteroatoms. The van der Waals surface area contributed by atoms with Crippen LogP contribution in [0.5, 0.6) is 0 Å². The Morgan fingerprint density at radius 1 is 1.67 bits per heavy atom. The van der Waals surface area contributed by atoms with Crippen LogP contribution in [0.15, 0.2) is 24.5 Å². The van der Waals surface area contributed by atoms with E-state index in [2.05, 4.69) is 6.58 Å². The van der Waals surface area contributed by atoms with Gasteiger partial charge in [0.15, 0.2) is 0 Å². The highest BCUT2D eigenvalue weighted by atomic mass is 16.5. The van der Waals surface area contributed by atoms with Crippen molar-refractivity contribution in [3.8, 4) is 0 Å². The van der Waals surface area contributed by atoms with Crippen LogP contribution in [0.4, 0.5) is 0 Å². The Bertz CT molecular complexity index is 281. The van der Waals surface area contributed by atoms with Crippen molar-refractivity contribution < 1.29 is 14.3 Å². The molecule has 1 atom stereocenters. The van der Waals surface area contributed by atoms with Gasteiger partial charge in [-0.15, -0.1) is 0 Å². The second kappa shape index (κ2) is 4.51. The largest absolute Gasteiger partial charge is 0.494 e. The van der Waals surface area contributed by atoms with Crippen molar-refractivity contribution in [1.29, 1.82) is 0 Å². The SMILES string of the molecule is C=C([C@@H]1CC=CO1)C(C)(C)C(=O)OCC. The zero-order valence-corrected chi connectivity index (χ0v) is 9.58. The van der Waals surface area contributed by atoms with Gasteiger partial charge in [-0.2, -0.15) is 0 Å². The molecule has 0 radical (unpaired) electrons. The Morgan fingerprint density at radius 2 is 2.33 bits per heavy atom. The standard InChI is InChI=1S/C12H18O3/c1-5-14-11(13)12(3,4)9(2)10-7-6-8-15-10/h6,8,10H,2,5,7H2,1,3-4H3/t10-/m0/s1. The highest BCUT2D eigenvalue weighted by Gasteiger charge is 2.37. The van der Waals surface area contributed by atoms with E-state index in [0.29, 0.717) is 6.61 Å². The fourth-order valence-electron chi connectivity index (χ4n) is 1.45. The molecule has 84 valence electrons. The quantitative estimate of drug-likeness (QED) is 0.528. The van der Waals surface area contributed by atoms with Crippen LogP contribution in [-0.4, -0.2) is 18.7 Å². The van der Waals surface area contributed by atoms with Crippen molar-refractivity contribution in [3.63, 3.8) is 0 Å². The first-order valence-electron chi connectivity index (χ1n) is 5.17. The summed E-state index contributed by atoms with van der Waals surface area (Å²) in [6.07, 6.45) is 4.26. The summed E-state index contributed by atoms with van der Waals surface area (Å²) in [5.74, 6) is -0.245. The summed E-state index contributed by atoms with van der Waals surface area (Å²) < 4.78 is 10.4. The molecule has 0 aromatic heterocycles. The summed E-state index contributed by atoms with van der Waals surface area (Å²) in [7, 11) is 0. The first kappa shape index (κ1) is 11.8. The third-order valence-corrected chi connectivity index (χ3v) is 2.67. The molecule has 1 rings (SSSR count). The average Bonchev–Trinajstić information content (AvgIpc) is 2.69. The monoisotopic (exact) mass is 210 g/mol. The van der Waals surface area contributed by atoms with Crippen molar-refractivity contribution in [2.24, 2.45) is 5.41 Å². The van der Waals surface area contributed by atoms with Gasteiger partial charge >= 0.3 is 5.97 Å². The number of ether oxygens (including phenoxy) is 2. The minimum Gasteiger partial charge on any atom is -0.494 e. The van der Waals surface area contributed by atoms with E-state index in [9.17, 15) is 4.79 Å². The maximum absolute atomic E-state index is 11.7. The molecule has 3 nitrogen and oxygen atoms in total. The lowest BCUT2D eigenvalue weighted by atomic mass is 9.81. The van der Waals surface area contributed by atoms with Gasteiger partial charge in [-0.1, -0.05) is 6.58 Å². The predicted octanol–water partition coefficient (Wildman–Crippen LogP) is 2.43. The topological polar surface area (TPSA) is 35.5 Å². The summed E-state index contributed by atoms with van der Waals surface area (Å²) in [5.41, 5.74) is 0.0816. The highest BCUT2D eigenvalue weighted by molar-refractivity contribution is 5.79. The summed E-state index contributed by atoms with van der Waals surface area (Å²) in [6.45, 7) is 9.76. The summed E-state index contributed by atoms with van der Waals surface area (Å²) >= 11 is 0. The van der Waals surface area contributed by atoms with E-state index in [0.717, 1.165) is 12.0 Å². The lowest BCUT2D eigenvalue weighted by molar-refractivity contribution is -0.151. The zero-order chi connectivity index (χ0) is 11.5. The molecule has 1 heterocycles. The van der Waals surface area contributed by atoms with E-state index >= 15 is 0 Å². The van der Waals surface area contributed by atoms with E-state index in [4.69, 9.17) is 9.47 Å². The van der Waals surface area contributed by atoms with E-state index in [-0.39, 0.29) is 12.1 Å². The predicted molar refractivity (Wildman–Crippen MR) is 58.2 cm³/mol. The van der Waals surface area contributed by atoms with Crippen LogP contribution in [0.1, 0.15) is 27.2 Å². The second-order valence-corrected chi connectivity index (χ2v) is 4.10. The van der Waals surface area contributed by atoms with Crippen molar-refractivity contribution in [3.05, 3.63) is 24.5 Å². The van der Waals surface area contributed by atoms with E-state index in [1.54, 1.807) is 13.2 Å². The fourth-order valence-corrected chi connectivity index (χ4v) is 1.45. The fraction of sp³-hybridized carbons (Fsp3) is 0.583. The summed E-state index contributed by atoms with van der Waals surface area (Å²) in [5, 5.41) is 0. The smallest absolute Gasteiger partial charge is 0.315 e. The van der Waals surface area contributed by atoms with Crippen LogP contribution in [0.2, 0.25) is 0 Å². The third-order valence-electron chi connectivity index (χ3n) is 2.67. The molecule has 0 saturated heterocycles. The molecule has 0 bridgehead atoms. The van der Waals surface area contributed by atoms with Gasteiger partial charge in [0, 0.05) is 6.42 Å². The van der Waals surface area contributed by atoms with Crippen LogP contribution in [0.3, 0.4) is 0 Å². The number of rotatable bonds is 4. The van der Waals surface area contributed by atoms with Gasteiger partial charge in [0.1, 0.15) is 6.10 Å². The molecule has 15 heavy (non-hydrogen) atoms. The van der Waals surface area contributed by atoms with Gasteiger partial charge in [0.25, 0.3) is 0 Å². The number of hydrogen-bond donors (Lipinski definition) is 0. The molecule has 0 spiro atoms. The van der Waals surface area contributed by atoms with Crippen molar-refractivity contribution in [1.82, 2.24) is 0 Å². The van der Waals surface area contributed by atoms with Gasteiger partial charge < -0.3 is 9.47 Å². The minimum atomic E-state index is -0.688. The summed E-state index contributed by atoms with van der Waals surface area (Å²) in [6, 6.07) is 0. The number of hydrogen-bond acceptors (Lipinski definition) is 3. The molecule has 1 aliphatic rings. The Balaban J connectivity index is 2.67. The van der Waals surface area contributed by atoms with Crippen molar-refractivity contribution >= 4 is 5.97 Å². The Kier molecular flexibility index (Phi) is 3.56. The van der Waals surface area contributed by atoms with E-state index in [1.165, 1.54) is 0 Å². The molecule has 0 aliphatic carbocycles. The molecule has 0 aromatic rings. The zero-order valence-electron chi connectivity index (χ0n) is 9.58. The Hall–Kier alpha value is -1.25. The van der Waals surface area contributed by atoms with Gasteiger partial charge in [-0.05, 0) is 32.4 Å². The summed E-state index contributed by atoms with van der Waals surface area (Å²) in [4.78, 5) is 11.7. The van der Waals surface area contributed by atoms with E-state index in [1.807, 2.05) is 19.9 Å². The Labute approximate surface area is 90.8 Å². The molecule has 0 aromatic carbocycles. The lowest BCUT2D eigenvalue weighted by Gasteiger charge is -2.28. The molecule has 0 fully saturated rings. The van der Waals surface area contributed by atoms with Crippen molar-refractivity contribution in [2.45, 2.75) is 33.3 Å². The van der Waals surface area contributed by atoms with Crippen LogP contribution in [-0.2, 0) is 14.3 Å². The van der Waals surface area contributed by atoms with Crippen LogP contribution in [0, 0.1) is 5.41 Å². The number of carbonyl (C=O) groups is 1.